The summed E-state index contributed by atoms with van der Waals surface area (Å²) in [4.78, 5) is 0. The fourth-order valence-electron chi connectivity index (χ4n) is 0.880. The first-order chi connectivity index (χ1) is 6.72. The van der Waals surface area contributed by atoms with Gasteiger partial charge in [-0.3, -0.25) is 0 Å². The van der Waals surface area contributed by atoms with Crippen LogP contribution in [0.25, 0.3) is 0 Å². The maximum Gasteiger partial charge on any atom is 0.120 e. The van der Waals surface area contributed by atoms with E-state index in [1.807, 2.05) is 45.0 Å². The summed E-state index contributed by atoms with van der Waals surface area (Å²) in [6.45, 7) is 11.7. The highest BCUT2D eigenvalue weighted by Crippen LogP contribution is 2.13. The molecule has 1 aromatic carbocycles. The molecular formula is C13H20O. The highest BCUT2D eigenvalue weighted by molar-refractivity contribution is 5.26. The lowest BCUT2D eigenvalue weighted by Crippen LogP contribution is -2.06. The van der Waals surface area contributed by atoms with E-state index < -0.39 is 0 Å². The zero-order valence-corrected chi connectivity index (χ0v) is 9.58. The summed E-state index contributed by atoms with van der Waals surface area (Å²) in [5, 5.41) is 0. The van der Waals surface area contributed by atoms with Crippen molar-refractivity contribution in [2.24, 2.45) is 0 Å². The van der Waals surface area contributed by atoms with Crippen LogP contribution in [0.2, 0.25) is 0 Å². The summed E-state index contributed by atoms with van der Waals surface area (Å²) in [5.74, 6) is 0.896. The standard InChI is InChI=1S/C11H14O.C2H6/c1-4-10(3)12-11-7-5-9(2)6-8-11;1-2/h4-8,10H,1H2,2-3H3;1-2H3. The van der Waals surface area contributed by atoms with Crippen LogP contribution >= 0.6 is 0 Å². The van der Waals surface area contributed by atoms with Crippen molar-refractivity contribution in [3.63, 3.8) is 0 Å². The Balaban J connectivity index is 0.000000791. The lowest BCUT2D eigenvalue weighted by Gasteiger charge is -2.09. The highest BCUT2D eigenvalue weighted by Gasteiger charge is 1.96. The molecule has 1 rings (SSSR count). The van der Waals surface area contributed by atoms with Crippen molar-refractivity contribution < 1.29 is 4.74 Å². The molecule has 14 heavy (non-hydrogen) atoms. The predicted octanol–water partition coefficient (Wildman–Crippen LogP) is 3.97. The Hall–Kier alpha value is -1.24. The lowest BCUT2D eigenvalue weighted by atomic mass is 10.2. The molecular weight excluding hydrogens is 172 g/mol. The highest BCUT2D eigenvalue weighted by atomic mass is 16.5. The van der Waals surface area contributed by atoms with Gasteiger partial charge in [-0.05, 0) is 26.0 Å². The molecule has 0 aromatic heterocycles. The Morgan fingerprint density at radius 3 is 2.14 bits per heavy atom. The van der Waals surface area contributed by atoms with E-state index in [1.165, 1.54) is 5.56 Å². The van der Waals surface area contributed by atoms with Crippen LogP contribution in [0.4, 0.5) is 0 Å². The Labute approximate surface area is 87.4 Å². The molecule has 1 aromatic rings. The zero-order valence-electron chi connectivity index (χ0n) is 9.58. The van der Waals surface area contributed by atoms with Crippen molar-refractivity contribution >= 4 is 0 Å². The Morgan fingerprint density at radius 1 is 1.21 bits per heavy atom. The molecule has 0 saturated carbocycles. The van der Waals surface area contributed by atoms with E-state index >= 15 is 0 Å². The molecule has 1 heteroatoms. The molecule has 0 aliphatic rings. The van der Waals surface area contributed by atoms with Crippen molar-refractivity contribution in [1.82, 2.24) is 0 Å². The first-order valence-electron chi connectivity index (χ1n) is 5.08. The summed E-state index contributed by atoms with van der Waals surface area (Å²) >= 11 is 0. The van der Waals surface area contributed by atoms with Crippen molar-refractivity contribution in [1.29, 1.82) is 0 Å². The second-order valence-electron chi connectivity index (χ2n) is 2.87. The Kier molecular flexibility index (Phi) is 6.55. The normalized spacial score (nSPS) is 10.9. The van der Waals surface area contributed by atoms with Gasteiger partial charge in [-0.1, -0.05) is 44.2 Å². The smallest absolute Gasteiger partial charge is 0.120 e. The minimum atomic E-state index is 0.0766. The molecule has 0 saturated heterocycles. The molecule has 0 radical (unpaired) electrons. The van der Waals surface area contributed by atoms with Gasteiger partial charge in [-0.2, -0.15) is 0 Å². The van der Waals surface area contributed by atoms with Gasteiger partial charge >= 0.3 is 0 Å². The van der Waals surface area contributed by atoms with E-state index in [0.29, 0.717) is 0 Å². The van der Waals surface area contributed by atoms with Crippen LogP contribution < -0.4 is 4.74 Å². The van der Waals surface area contributed by atoms with Crippen LogP contribution in [-0.2, 0) is 0 Å². The SMILES string of the molecule is C=CC(C)Oc1ccc(C)cc1.CC. The Bertz CT molecular complexity index is 248. The lowest BCUT2D eigenvalue weighted by molar-refractivity contribution is 0.270. The van der Waals surface area contributed by atoms with Gasteiger partial charge in [-0.25, -0.2) is 0 Å². The average Bonchev–Trinajstić information content (AvgIpc) is 2.24. The average molecular weight is 192 g/mol. The van der Waals surface area contributed by atoms with E-state index in [-0.39, 0.29) is 6.10 Å². The monoisotopic (exact) mass is 192 g/mol. The molecule has 1 atom stereocenters. The van der Waals surface area contributed by atoms with Crippen LogP contribution in [-0.4, -0.2) is 6.10 Å². The number of aryl methyl sites for hydroxylation is 1. The molecule has 1 unspecified atom stereocenters. The first kappa shape index (κ1) is 12.8. The molecule has 1 nitrogen and oxygen atoms in total. The van der Waals surface area contributed by atoms with Crippen molar-refractivity contribution in [2.75, 3.05) is 0 Å². The molecule has 0 N–H and O–H groups in total. The molecule has 0 fully saturated rings. The summed E-state index contributed by atoms with van der Waals surface area (Å²) in [6.07, 6.45) is 1.85. The molecule has 0 aliphatic carbocycles. The first-order valence-corrected chi connectivity index (χ1v) is 5.08. The fourth-order valence-corrected chi connectivity index (χ4v) is 0.880. The van der Waals surface area contributed by atoms with Crippen LogP contribution in [0.5, 0.6) is 5.75 Å². The minimum Gasteiger partial charge on any atom is -0.487 e. The van der Waals surface area contributed by atoms with E-state index in [4.69, 9.17) is 4.74 Å². The second kappa shape index (κ2) is 7.19. The Morgan fingerprint density at radius 2 is 1.71 bits per heavy atom. The predicted molar refractivity (Wildman–Crippen MR) is 62.8 cm³/mol. The van der Waals surface area contributed by atoms with Gasteiger partial charge in [0.2, 0.25) is 0 Å². The molecule has 0 amide bonds. The number of hydrogen-bond donors (Lipinski definition) is 0. The number of rotatable bonds is 3. The third kappa shape index (κ3) is 4.70. The summed E-state index contributed by atoms with van der Waals surface area (Å²) < 4.78 is 5.50. The third-order valence-electron chi connectivity index (χ3n) is 1.67. The van der Waals surface area contributed by atoms with Crippen LogP contribution in [0.15, 0.2) is 36.9 Å². The van der Waals surface area contributed by atoms with Gasteiger partial charge in [0.05, 0.1) is 0 Å². The zero-order chi connectivity index (χ0) is 11.0. The number of ether oxygens (including phenoxy) is 1. The largest absolute Gasteiger partial charge is 0.487 e. The molecule has 78 valence electrons. The van der Waals surface area contributed by atoms with Gasteiger partial charge in [-0.15, -0.1) is 0 Å². The third-order valence-corrected chi connectivity index (χ3v) is 1.67. The van der Waals surface area contributed by atoms with E-state index in [2.05, 4.69) is 13.5 Å². The minimum absolute atomic E-state index is 0.0766. The van der Waals surface area contributed by atoms with Gasteiger partial charge in [0.25, 0.3) is 0 Å². The summed E-state index contributed by atoms with van der Waals surface area (Å²) in [5.41, 5.74) is 1.24. The molecule has 0 bridgehead atoms. The van der Waals surface area contributed by atoms with Gasteiger partial charge in [0.1, 0.15) is 11.9 Å². The molecule has 0 spiro atoms. The maximum absolute atomic E-state index is 5.50. The van der Waals surface area contributed by atoms with Crippen molar-refractivity contribution in [3.05, 3.63) is 42.5 Å². The van der Waals surface area contributed by atoms with E-state index in [0.717, 1.165) is 5.75 Å². The van der Waals surface area contributed by atoms with E-state index in [9.17, 15) is 0 Å². The quantitative estimate of drug-likeness (QED) is 0.658. The topological polar surface area (TPSA) is 9.23 Å². The number of hydrogen-bond acceptors (Lipinski definition) is 1. The summed E-state index contributed by atoms with van der Waals surface area (Å²) in [7, 11) is 0. The second-order valence-corrected chi connectivity index (χ2v) is 2.87. The van der Waals surface area contributed by atoms with Gasteiger partial charge in [0, 0.05) is 0 Å². The number of benzene rings is 1. The van der Waals surface area contributed by atoms with Gasteiger partial charge < -0.3 is 4.74 Å². The fraction of sp³-hybridized carbons (Fsp3) is 0.385. The van der Waals surface area contributed by atoms with E-state index in [1.54, 1.807) is 6.08 Å². The molecule has 0 aliphatic heterocycles. The van der Waals surface area contributed by atoms with Crippen molar-refractivity contribution in [2.45, 2.75) is 33.8 Å². The van der Waals surface area contributed by atoms with Crippen LogP contribution in [0.3, 0.4) is 0 Å². The van der Waals surface area contributed by atoms with Crippen LogP contribution in [0.1, 0.15) is 26.3 Å². The van der Waals surface area contributed by atoms with Gasteiger partial charge in [0.15, 0.2) is 0 Å². The van der Waals surface area contributed by atoms with Crippen LogP contribution in [0, 0.1) is 6.92 Å². The molecule has 0 heterocycles. The summed E-state index contributed by atoms with van der Waals surface area (Å²) in [6, 6.07) is 8.00. The maximum atomic E-state index is 5.50. The van der Waals surface area contributed by atoms with Crippen molar-refractivity contribution in [3.8, 4) is 5.75 Å².